The third-order valence-electron chi connectivity index (χ3n) is 2.76. The van der Waals surface area contributed by atoms with Crippen LogP contribution in [-0.2, 0) is 0 Å². The lowest BCUT2D eigenvalue weighted by Crippen LogP contribution is -2.18. The maximum Gasteiger partial charge on any atom is 0.0202 e. The summed E-state index contributed by atoms with van der Waals surface area (Å²) in [5, 5.41) is 0. The van der Waals surface area contributed by atoms with Gasteiger partial charge in [0.15, 0.2) is 0 Å². The largest absolute Gasteiger partial charge is 0.325 e. The van der Waals surface area contributed by atoms with E-state index in [2.05, 4.69) is 38.1 Å². The van der Waals surface area contributed by atoms with E-state index in [1.54, 1.807) is 0 Å². The van der Waals surface area contributed by atoms with Crippen molar-refractivity contribution in [3.8, 4) is 0 Å². The van der Waals surface area contributed by atoms with Crippen molar-refractivity contribution in [2.24, 2.45) is 5.73 Å². The lowest BCUT2D eigenvalue weighted by Gasteiger charge is -2.03. The molecule has 2 atom stereocenters. The van der Waals surface area contributed by atoms with Gasteiger partial charge in [0, 0.05) is 11.5 Å². The van der Waals surface area contributed by atoms with Crippen LogP contribution in [0.15, 0.2) is 24.3 Å². The summed E-state index contributed by atoms with van der Waals surface area (Å²) in [6.45, 7) is 4.23. The van der Waals surface area contributed by atoms with Gasteiger partial charge in [0.25, 0.3) is 0 Å². The first-order chi connectivity index (χ1) is 5.59. The second kappa shape index (κ2) is 2.33. The molecule has 12 heavy (non-hydrogen) atoms. The zero-order valence-corrected chi connectivity index (χ0v) is 7.67. The topological polar surface area (TPSA) is 26.0 Å². The fourth-order valence-corrected chi connectivity index (χ4v) is 1.68. The van der Waals surface area contributed by atoms with E-state index in [0.29, 0.717) is 5.92 Å². The van der Waals surface area contributed by atoms with Gasteiger partial charge in [0.1, 0.15) is 0 Å². The van der Waals surface area contributed by atoms with Crippen LogP contribution in [0, 0.1) is 6.92 Å². The number of nitrogens with two attached hydrogens (primary N) is 1. The first-order valence-corrected chi connectivity index (χ1v) is 4.45. The van der Waals surface area contributed by atoms with Crippen molar-refractivity contribution in [3.05, 3.63) is 35.4 Å². The number of hydrogen-bond acceptors (Lipinski definition) is 1. The smallest absolute Gasteiger partial charge is 0.0202 e. The fraction of sp³-hybridized carbons (Fsp3) is 0.455. The molecule has 0 aliphatic heterocycles. The van der Waals surface area contributed by atoms with Gasteiger partial charge in [-0.25, -0.2) is 0 Å². The van der Waals surface area contributed by atoms with E-state index >= 15 is 0 Å². The van der Waals surface area contributed by atoms with Crippen molar-refractivity contribution in [1.29, 1.82) is 0 Å². The van der Waals surface area contributed by atoms with Gasteiger partial charge < -0.3 is 5.73 Å². The predicted molar refractivity (Wildman–Crippen MR) is 51.1 cm³/mol. The molecular formula is C11H15N. The molecule has 0 heterocycles. The molecular weight excluding hydrogens is 146 g/mol. The van der Waals surface area contributed by atoms with Gasteiger partial charge in [-0.1, -0.05) is 29.8 Å². The van der Waals surface area contributed by atoms with Crippen molar-refractivity contribution < 1.29 is 0 Å². The molecule has 1 saturated carbocycles. The minimum atomic E-state index is 0.0647. The molecule has 0 amide bonds. The van der Waals surface area contributed by atoms with Crippen molar-refractivity contribution >= 4 is 0 Å². The van der Waals surface area contributed by atoms with Crippen molar-refractivity contribution in [2.75, 3.05) is 0 Å². The maximum absolute atomic E-state index is 5.98. The Balaban J connectivity index is 2.21. The second-order valence-electron chi connectivity index (χ2n) is 4.17. The zero-order chi connectivity index (χ0) is 8.77. The first kappa shape index (κ1) is 7.81. The summed E-state index contributed by atoms with van der Waals surface area (Å²) in [7, 11) is 0. The molecule has 0 radical (unpaired) electrons. The molecule has 1 aromatic rings. The van der Waals surface area contributed by atoms with Crippen LogP contribution in [0.25, 0.3) is 0 Å². The lowest BCUT2D eigenvalue weighted by molar-refractivity contribution is 0.728. The van der Waals surface area contributed by atoms with Crippen LogP contribution < -0.4 is 5.73 Å². The second-order valence-corrected chi connectivity index (χ2v) is 4.17. The standard InChI is InChI=1S/C11H15N/c1-8-3-5-9(6-4-8)10-7-11(10,2)12/h3-6,10H,7,12H2,1-2H3/t10-,11+/m0/s1. The van der Waals surface area contributed by atoms with Crippen molar-refractivity contribution in [1.82, 2.24) is 0 Å². The molecule has 1 heteroatoms. The normalized spacial score (nSPS) is 33.4. The van der Waals surface area contributed by atoms with Crippen LogP contribution in [0.4, 0.5) is 0 Å². The summed E-state index contributed by atoms with van der Waals surface area (Å²) in [6.07, 6.45) is 1.13. The summed E-state index contributed by atoms with van der Waals surface area (Å²) in [4.78, 5) is 0. The summed E-state index contributed by atoms with van der Waals surface area (Å²) >= 11 is 0. The quantitative estimate of drug-likeness (QED) is 0.671. The summed E-state index contributed by atoms with van der Waals surface area (Å²) in [5.41, 5.74) is 8.76. The molecule has 2 rings (SSSR count). The molecule has 1 aliphatic rings. The monoisotopic (exact) mass is 161 g/mol. The van der Waals surface area contributed by atoms with E-state index in [0.717, 1.165) is 6.42 Å². The molecule has 0 spiro atoms. The van der Waals surface area contributed by atoms with E-state index < -0.39 is 0 Å². The molecule has 0 saturated heterocycles. The number of benzene rings is 1. The van der Waals surface area contributed by atoms with E-state index in [1.807, 2.05) is 0 Å². The highest BCUT2D eigenvalue weighted by atomic mass is 14.8. The molecule has 0 unspecified atom stereocenters. The number of rotatable bonds is 1. The van der Waals surface area contributed by atoms with Gasteiger partial charge in [0.2, 0.25) is 0 Å². The minimum absolute atomic E-state index is 0.0647. The summed E-state index contributed by atoms with van der Waals surface area (Å²) in [5.74, 6) is 0.595. The highest BCUT2D eigenvalue weighted by Crippen LogP contribution is 2.48. The summed E-state index contributed by atoms with van der Waals surface area (Å²) < 4.78 is 0. The number of hydrogen-bond donors (Lipinski definition) is 1. The van der Waals surface area contributed by atoms with Crippen LogP contribution in [0.2, 0.25) is 0 Å². The first-order valence-electron chi connectivity index (χ1n) is 4.45. The maximum atomic E-state index is 5.98. The molecule has 1 nitrogen and oxygen atoms in total. The van der Waals surface area contributed by atoms with Gasteiger partial charge in [-0.2, -0.15) is 0 Å². The van der Waals surface area contributed by atoms with E-state index in [4.69, 9.17) is 5.73 Å². The number of aryl methyl sites for hydroxylation is 1. The fourth-order valence-electron chi connectivity index (χ4n) is 1.68. The molecule has 0 bridgehead atoms. The van der Waals surface area contributed by atoms with E-state index in [1.165, 1.54) is 11.1 Å². The Kier molecular flexibility index (Phi) is 1.52. The van der Waals surface area contributed by atoms with Crippen LogP contribution in [0.1, 0.15) is 30.4 Å². The molecule has 0 aromatic heterocycles. The SMILES string of the molecule is Cc1ccc([C@@H]2C[C@@]2(C)N)cc1. The third kappa shape index (κ3) is 1.25. The lowest BCUT2D eigenvalue weighted by atomic mass is 10.1. The molecule has 1 aliphatic carbocycles. The molecule has 1 aromatic carbocycles. The van der Waals surface area contributed by atoms with E-state index in [9.17, 15) is 0 Å². The van der Waals surface area contributed by atoms with Crippen LogP contribution in [0.3, 0.4) is 0 Å². The Morgan fingerprint density at radius 3 is 2.25 bits per heavy atom. The van der Waals surface area contributed by atoms with Gasteiger partial charge in [-0.3, -0.25) is 0 Å². The Hall–Kier alpha value is -0.820. The van der Waals surface area contributed by atoms with Crippen molar-refractivity contribution in [3.63, 3.8) is 0 Å². The minimum Gasteiger partial charge on any atom is -0.325 e. The molecule has 64 valence electrons. The highest BCUT2D eigenvalue weighted by molar-refractivity contribution is 5.33. The van der Waals surface area contributed by atoms with Crippen molar-refractivity contribution in [2.45, 2.75) is 31.7 Å². The van der Waals surface area contributed by atoms with Gasteiger partial charge >= 0.3 is 0 Å². The Labute approximate surface area is 73.6 Å². The van der Waals surface area contributed by atoms with Crippen LogP contribution >= 0.6 is 0 Å². The third-order valence-corrected chi connectivity index (χ3v) is 2.76. The van der Waals surface area contributed by atoms with Crippen LogP contribution in [-0.4, -0.2) is 5.54 Å². The van der Waals surface area contributed by atoms with Gasteiger partial charge in [-0.05, 0) is 25.8 Å². The molecule has 2 N–H and O–H groups in total. The highest BCUT2D eigenvalue weighted by Gasteiger charge is 2.47. The zero-order valence-electron chi connectivity index (χ0n) is 7.67. The molecule has 1 fully saturated rings. The van der Waals surface area contributed by atoms with E-state index in [-0.39, 0.29) is 5.54 Å². The van der Waals surface area contributed by atoms with Gasteiger partial charge in [-0.15, -0.1) is 0 Å². The van der Waals surface area contributed by atoms with Gasteiger partial charge in [0.05, 0.1) is 0 Å². The Morgan fingerprint density at radius 2 is 1.83 bits per heavy atom. The summed E-state index contributed by atoms with van der Waals surface area (Å²) in [6, 6.07) is 8.70. The average Bonchev–Trinajstić information content (AvgIpc) is 2.61. The average molecular weight is 161 g/mol. The Bertz CT molecular complexity index is 284. The Morgan fingerprint density at radius 1 is 1.33 bits per heavy atom. The van der Waals surface area contributed by atoms with Crippen LogP contribution in [0.5, 0.6) is 0 Å². The predicted octanol–water partition coefficient (Wildman–Crippen LogP) is 2.20.